The Morgan fingerprint density at radius 3 is 2.26 bits per heavy atom. The zero-order valence-electron chi connectivity index (χ0n) is 11.7. The minimum Gasteiger partial charge on any atom is -0.348 e. The lowest BCUT2D eigenvalue weighted by atomic mass is 9.91. The van der Waals surface area contributed by atoms with E-state index in [4.69, 9.17) is 0 Å². The summed E-state index contributed by atoms with van der Waals surface area (Å²) in [5.74, 6) is 0.423. The van der Waals surface area contributed by atoms with Crippen molar-refractivity contribution < 1.29 is 0 Å². The Balaban J connectivity index is 2.23. The van der Waals surface area contributed by atoms with E-state index < -0.39 is 0 Å². The molecule has 0 aliphatic rings. The van der Waals surface area contributed by atoms with E-state index in [-0.39, 0.29) is 0 Å². The average molecular weight is 249 g/mol. The second kappa shape index (κ2) is 4.58. The molecular formula is C18H19N. The summed E-state index contributed by atoms with van der Waals surface area (Å²) in [6.45, 7) is 4.51. The molecule has 1 heterocycles. The minimum absolute atomic E-state index is 0.423. The molecule has 0 saturated heterocycles. The topological polar surface area (TPSA) is 4.93 Å². The fourth-order valence-electron chi connectivity index (χ4n) is 3.01. The molecule has 96 valence electrons. The quantitative estimate of drug-likeness (QED) is 0.623. The second-order valence-corrected chi connectivity index (χ2v) is 5.21. The molecule has 19 heavy (non-hydrogen) atoms. The number of nitrogens with zero attached hydrogens (tertiary/aromatic N) is 1. The van der Waals surface area contributed by atoms with E-state index in [2.05, 4.69) is 80.1 Å². The van der Waals surface area contributed by atoms with E-state index in [0.29, 0.717) is 5.92 Å². The lowest BCUT2D eigenvalue weighted by Crippen LogP contribution is -1.99. The van der Waals surface area contributed by atoms with Crippen LogP contribution in [0.15, 0.2) is 54.6 Å². The largest absolute Gasteiger partial charge is 0.348 e. The summed E-state index contributed by atoms with van der Waals surface area (Å²) in [6, 6.07) is 19.4. The van der Waals surface area contributed by atoms with Crippen LogP contribution in [-0.4, -0.2) is 4.57 Å². The van der Waals surface area contributed by atoms with Gasteiger partial charge in [-0.1, -0.05) is 55.5 Å². The van der Waals surface area contributed by atoms with E-state index in [1.165, 1.54) is 27.7 Å². The molecule has 3 rings (SSSR count). The summed E-state index contributed by atoms with van der Waals surface area (Å²) in [4.78, 5) is 0. The molecule has 0 aliphatic carbocycles. The Hall–Kier alpha value is -2.02. The highest BCUT2D eigenvalue weighted by Gasteiger charge is 2.18. The summed E-state index contributed by atoms with van der Waals surface area (Å²) in [5, 5.41) is 1.37. The van der Waals surface area contributed by atoms with Gasteiger partial charge in [0.1, 0.15) is 0 Å². The first-order valence-electron chi connectivity index (χ1n) is 6.79. The van der Waals surface area contributed by atoms with Crippen molar-refractivity contribution in [2.45, 2.75) is 19.8 Å². The van der Waals surface area contributed by atoms with Gasteiger partial charge >= 0.3 is 0 Å². The van der Waals surface area contributed by atoms with E-state index in [9.17, 15) is 0 Å². The highest BCUT2D eigenvalue weighted by atomic mass is 14.9. The Kier molecular flexibility index (Phi) is 2.90. The standard InChI is InChI=1S/C18H19N/c1-13(15-9-5-4-6-10-15)18-14(2)19(3)17-12-8-7-11-16(17)18/h4-13H,1-3H3. The highest BCUT2D eigenvalue weighted by Crippen LogP contribution is 2.34. The number of rotatable bonds is 2. The minimum atomic E-state index is 0.423. The van der Waals surface area contributed by atoms with E-state index in [1.54, 1.807) is 0 Å². The van der Waals surface area contributed by atoms with E-state index in [0.717, 1.165) is 0 Å². The molecule has 0 fully saturated rings. The molecule has 0 bridgehead atoms. The van der Waals surface area contributed by atoms with Gasteiger partial charge in [0.05, 0.1) is 0 Å². The number of aromatic nitrogens is 1. The van der Waals surface area contributed by atoms with Gasteiger partial charge in [-0.3, -0.25) is 0 Å². The molecule has 2 aromatic carbocycles. The van der Waals surface area contributed by atoms with Gasteiger partial charge < -0.3 is 4.57 Å². The Bertz CT molecular complexity index is 707. The Morgan fingerprint density at radius 1 is 0.895 bits per heavy atom. The molecule has 1 aromatic heterocycles. The van der Waals surface area contributed by atoms with E-state index >= 15 is 0 Å². The zero-order valence-corrected chi connectivity index (χ0v) is 11.7. The first kappa shape index (κ1) is 12.0. The van der Waals surface area contributed by atoms with Crippen LogP contribution in [-0.2, 0) is 7.05 Å². The summed E-state index contributed by atoms with van der Waals surface area (Å²) in [5.41, 5.74) is 5.50. The van der Waals surface area contributed by atoms with Crippen LogP contribution in [0.2, 0.25) is 0 Å². The molecule has 0 saturated carbocycles. The number of hydrogen-bond acceptors (Lipinski definition) is 0. The van der Waals surface area contributed by atoms with Crippen molar-refractivity contribution in [1.29, 1.82) is 0 Å². The first-order chi connectivity index (χ1) is 9.20. The zero-order chi connectivity index (χ0) is 13.4. The molecule has 1 unspecified atom stereocenters. The molecule has 1 nitrogen and oxygen atoms in total. The fraction of sp³-hybridized carbons (Fsp3) is 0.222. The molecule has 0 spiro atoms. The number of benzene rings is 2. The van der Waals surface area contributed by atoms with Crippen LogP contribution in [0.5, 0.6) is 0 Å². The van der Waals surface area contributed by atoms with Gasteiger partial charge in [0.25, 0.3) is 0 Å². The average Bonchev–Trinajstić information content (AvgIpc) is 2.72. The molecule has 0 amide bonds. The molecule has 1 atom stereocenters. The van der Waals surface area contributed by atoms with Crippen molar-refractivity contribution in [2.24, 2.45) is 7.05 Å². The first-order valence-corrected chi connectivity index (χ1v) is 6.79. The third kappa shape index (κ3) is 1.86. The van der Waals surface area contributed by atoms with Crippen LogP contribution in [0, 0.1) is 6.92 Å². The predicted molar refractivity (Wildman–Crippen MR) is 81.6 cm³/mol. The summed E-state index contributed by atoms with van der Waals surface area (Å²) >= 11 is 0. The van der Waals surface area contributed by atoms with Crippen molar-refractivity contribution in [3.63, 3.8) is 0 Å². The molecule has 1 heteroatoms. The fourth-order valence-corrected chi connectivity index (χ4v) is 3.01. The normalized spacial score (nSPS) is 12.8. The van der Waals surface area contributed by atoms with Crippen LogP contribution < -0.4 is 0 Å². The van der Waals surface area contributed by atoms with Crippen LogP contribution in [0.4, 0.5) is 0 Å². The van der Waals surface area contributed by atoms with Crippen LogP contribution in [0.1, 0.15) is 29.7 Å². The van der Waals surface area contributed by atoms with Crippen molar-refractivity contribution in [2.75, 3.05) is 0 Å². The Labute approximate surface area is 114 Å². The Morgan fingerprint density at radius 2 is 1.53 bits per heavy atom. The third-order valence-corrected chi connectivity index (χ3v) is 4.18. The van der Waals surface area contributed by atoms with Crippen LogP contribution >= 0.6 is 0 Å². The van der Waals surface area contributed by atoms with Crippen LogP contribution in [0.3, 0.4) is 0 Å². The van der Waals surface area contributed by atoms with E-state index in [1.807, 2.05) is 0 Å². The van der Waals surface area contributed by atoms with Gasteiger partial charge in [-0.25, -0.2) is 0 Å². The highest BCUT2D eigenvalue weighted by molar-refractivity contribution is 5.86. The molecule has 0 radical (unpaired) electrons. The molecule has 0 aliphatic heterocycles. The lowest BCUT2D eigenvalue weighted by Gasteiger charge is -2.13. The van der Waals surface area contributed by atoms with Gasteiger partial charge in [-0.05, 0) is 24.1 Å². The van der Waals surface area contributed by atoms with Crippen molar-refractivity contribution in [3.8, 4) is 0 Å². The van der Waals surface area contributed by atoms with Crippen molar-refractivity contribution in [3.05, 3.63) is 71.4 Å². The van der Waals surface area contributed by atoms with Crippen molar-refractivity contribution in [1.82, 2.24) is 4.57 Å². The molecule has 0 N–H and O–H groups in total. The lowest BCUT2D eigenvalue weighted by molar-refractivity contribution is 0.859. The smallest absolute Gasteiger partial charge is 0.0482 e. The maximum Gasteiger partial charge on any atom is 0.0482 e. The predicted octanol–water partition coefficient (Wildman–Crippen LogP) is 4.64. The van der Waals surface area contributed by atoms with Crippen LogP contribution in [0.25, 0.3) is 10.9 Å². The SMILES string of the molecule is Cc1c(C(C)c2ccccc2)c2ccccc2n1C. The number of para-hydroxylation sites is 1. The second-order valence-electron chi connectivity index (χ2n) is 5.21. The van der Waals surface area contributed by atoms with Crippen molar-refractivity contribution >= 4 is 10.9 Å². The number of aryl methyl sites for hydroxylation is 1. The van der Waals surface area contributed by atoms with Gasteiger partial charge in [0.2, 0.25) is 0 Å². The molecular weight excluding hydrogens is 230 g/mol. The summed E-state index contributed by atoms with van der Waals surface area (Å²) < 4.78 is 2.30. The van der Waals surface area contributed by atoms with Gasteiger partial charge in [-0.2, -0.15) is 0 Å². The van der Waals surface area contributed by atoms with Gasteiger partial charge in [-0.15, -0.1) is 0 Å². The number of fused-ring (bicyclic) bond motifs is 1. The summed E-state index contributed by atoms with van der Waals surface area (Å²) in [6.07, 6.45) is 0. The maximum atomic E-state index is 2.30. The number of hydrogen-bond donors (Lipinski definition) is 0. The molecule has 3 aromatic rings. The third-order valence-electron chi connectivity index (χ3n) is 4.18. The maximum absolute atomic E-state index is 2.30. The monoisotopic (exact) mass is 249 g/mol. The van der Waals surface area contributed by atoms with Gasteiger partial charge in [0.15, 0.2) is 0 Å². The summed E-state index contributed by atoms with van der Waals surface area (Å²) in [7, 11) is 2.15. The van der Waals surface area contributed by atoms with Gasteiger partial charge in [0, 0.05) is 29.6 Å².